The number of para-hydroxylation sites is 1. The van der Waals surface area contributed by atoms with Crippen molar-refractivity contribution < 1.29 is 29.0 Å². The first-order valence-electron chi connectivity index (χ1n) is 18.7. The summed E-state index contributed by atoms with van der Waals surface area (Å²) in [5.74, 6) is 0.312. The smallest absolute Gasteiger partial charge is 0.358 e. The highest BCUT2D eigenvalue weighted by Gasteiger charge is 2.28. The molecule has 56 heavy (non-hydrogen) atoms. The van der Waals surface area contributed by atoms with Gasteiger partial charge in [0.05, 0.1) is 10.2 Å². The maximum absolute atomic E-state index is 13.9. The predicted molar refractivity (Wildman–Crippen MR) is 220 cm³/mol. The molecule has 3 heterocycles. The van der Waals surface area contributed by atoms with E-state index in [1.165, 1.54) is 11.3 Å². The second-order valence-electron chi connectivity index (χ2n) is 15.2. The third-order valence-corrected chi connectivity index (χ3v) is 10.6. The standard InChI is InChI=1S/C45H44N4O6S/c1-27(25-40(50)51)24-29-16-18-31(19-17-29)54-37-14-9-11-32(28(37)2)33-20-21-39(47-41(33)43(53)55-45(3,4)5)49-23-22-30-10-8-12-34(35(30)26-49)42(52)48-44-46-36-13-6-7-15-38(36)56-44/h6-21,27H,22-26H2,1-5H3,(H,50,51)(H,46,48,52)/t27-/m1/s1. The quantitative estimate of drug-likeness (QED) is 0.124. The molecule has 0 bridgehead atoms. The fourth-order valence-electron chi connectivity index (χ4n) is 7.01. The number of anilines is 2. The summed E-state index contributed by atoms with van der Waals surface area (Å²) in [5, 5.41) is 12.7. The summed E-state index contributed by atoms with van der Waals surface area (Å²) >= 11 is 1.44. The van der Waals surface area contributed by atoms with Crippen molar-refractivity contribution in [3.63, 3.8) is 0 Å². The van der Waals surface area contributed by atoms with Crippen LogP contribution in [-0.2, 0) is 28.9 Å². The number of carbonyl (C=O) groups is 3. The van der Waals surface area contributed by atoms with Gasteiger partial charge in [-0.2, -0.15) is 0 Å². The summed E-state index contributed by atoms with van der Waals surface area (Å²) in [4.78, 5) is 50.3. The number of fused-ring (bicyclic) bond motifs is 2. The van der Waals surface area contributed by atoms with Gasteiger partial charge < -0.3 is 19.5 Å². The lowest BCUT2D eigenvalue weighted by atomic mass is 9.94. The molecular weight excluding hydrogens is 725 g/mol. The number of carboxylic acid groups (broad SMARTS) is 1. The summed E-state index contributed by atoms with van der Waals surface area (Å²) in [6.07, 6.45) is 1.47. The second-order valence-corrected chi connectivity index (χ2v) is 16.2. The van der Waals surface area contributed by atoms with Crippen LogP contribution in [0.25, 0.3) is 21.3 Å². The minimum absolute atomic E-state index is 0.0166. The third kappa shape index (κ3) is 8.74. The zero-order valence-electron chi connectivity index (χ0n) is 32.1. The number of nitrogens with one attached hydrogen (secondary N) is 1. The van der Waals surface area contributed by atoms with Gasteiger partial charge in [0.2, 0.25) is 0 Å². The number of nitrogens with zero attached hydrogens (tertiary/aromatic N) is 3. The summed E-state index contributed by atoms with van der Waals surface area (Å²) in [6, 6.07) is 30.8. The molecule has 286 valence electrons. The van der Waals surface area contributed by atoms with E-state index in [4.69, 9.17) is 19.6 Å². The fourth-order valence-corrected chi connectivity index (χ4v) is 7.87. The van der Waals surface area contributed by atoms with Crippen molar-refractivity contribution in [3.8, 4) is 22.6 Å². The van der Waals surface area contributed by atoms with Crippen LogP contribution in [0.15, 0.2) is 97.1 Å². The number of rotatable bonds is 11. The molecule has 1 aliphatic rings. The molecule has 1 aliphatic heterocycles. The maximum atomic E-state index is 13.9. The Labute approximate surface area is 330 Å². The van der Waals surface area contributed by atoms with E-state index >= 15 is 0 Å². The number of thiazole rings is 1. The SMILES string of the molecule is Cc1c(Oc2ccc(C[C@@H](C)CC(=O)O)cc2)cccc1-c1ccc(N2CCc3cccc(C(=O)Nc4nc5ccccc5s4)c3C2)nc1C(=O)OC(C)(C)C. The van der Waals surface area contributed by atoms with E-state index in [0.29, 0.717) is 59.5 Å². The lowest BCUT2D eigenvalue weighted by molar-refractivity contribution is -0.137. The summed E-state index contributed by atoms with van der Waals surface area (Å²) in [5.41, 5.74) is 6.09. The normalized spacial score (nSPS) is 13.2. The highest BCUT2D eigenvalue weighted by atomic mass is 32.1. The van der Waals surface area contributed by atoms with Gasteiger partial charge in [0.1, 0.15) is 22.9 Å². The summed E-state index contributed by atoms with van der Waals surface area (Å²) in [6.45, 7) is 10.4. The fraction of sp³-hybridized carbons (Fsp3) is 0.267. The van der Waals surface area contributed by atoms with Crippen LogP contribution >= 0.6 is 11.3 Å². The predicted octanol–water partition coefficient (Wildman–Crippen LogP) is 9.88. The van der Waals surface area contributed by atoms with Crippen LogP contribution in [0.5, 0.6) is 11.5 Å². The van der Waals surface area contributed by atoms with E-state index in [0.717, 1.165) is 38.0 Å². The molecule has 0 saturated heterocycles. The van der Waals surface area contributed by atoms with Gasteiger partial charge >= 0.3 is 11.9 Å². The number of aliphatic carboxylic acids is 1. The molecule has 10 nitrogen and oxygen atoms in total. The van der Waals surface area contributed by atoms with Crippen LogP contribution in [0.4, 0.5) is 10.9 Å². The molecule has 0 saturated carbocycles. The highest BCUT2D eigenvalue weighted by molar-refractivity contribution is 7.22. The molecular formula is C45H44N4O6S. The van der Waals surface area contributed by atoms with Gasteiger partial charge in [0.15, 0.2) is 10.8 Å². The van der Waals surface area contributed by atoms with Gasteiger partial charge in [-0.1, -0.05) is 66.8 Å². The topological polar surface area (TPSA) is 131 Å². The minimum atomic E-state index is -0.804. The number of ether oxygens (including phenoxy) is 2. The van der Waals surface area contributed by atoms with Crippen molar-refractivity contribution in [1.29, 1.82) is 0 Å². The van der Waals surface area contributed by atoms with Crippen LogP contribution in [0, 0.1) is 12.8 Å². The van der Waals surface area contributed by atoms with Crippen molar-refractivity contribution in [2.24, 2.45) is 5.92 Å². The number of carbonyl (C=O) groups excluding carboxylic acids is 2. The average molecular weight is 769 g/mol. The summed E-state index contributed by atoms with van der Waals surface area (Å²) < 4.78 is 13.2. The van der Waals surface area contributed by atoms with Crippen LogP contribution in [0.3, 0.4) is 0 Å². The average Bonchev–Trinajstić information content (AvgIpc) is 3.57. The summed E-state index contributed by atoms with van der Waals surface area (Å²) in [7, 11) is 0. The first-order valence-corrected chi connectivity index (χ1v) is 19.5. The van der Waals surface area contributed by atoms with E-state index in [9.17, 15) is 14.4 Å². The molecule has 1 atom stereocenters. The maximum Gasteiger partial charge on any atom is 0.358 e. The Morgan fingerprint density at radius 2 is 1.68 bits per heavy atom. The molecule has 0 radical (unpaired) electrons. The Balaban J connectivity index is 1.16. The Hall–Kier alpha value is -6.07. The van der Waals surface area contributed by atoms with E-state index in [1.54, 1.807) is 0 Å². The van der Waals surface area contributed by atoms with E-state index in [2.05, 4.69) is 21.3 Å². The molecule has 7 rings (SSSR count). The van der Waals surface area contributed by atoms with Crippen molar-refractivity contribution in [2.45, 2.75) is 66.0 Å². The van der Waals surface area contributed by atoms with Crippen LogP contribution < -0.4 is 15.0 Å². The number of hydrogen-bond acceptors (Lipinski definition) is 9. The van der Waals surface area contributed by atoms with Gasteiger partial charge in [-0.3, -0.25) is 14.9 Å². The van der Waals surface area contributed by atoms with E-state index in [-0.39, 0.29) is 23.9 Å². The minimum Gasteiger partial charge on any atom is -0.481 e. The van der Waals surface area contributed by atoms with E-state index < -0.39 is 17.5 Å². The van der Waals surface area contributed by atoms with Gasteiger partial charge in [0, 0.05) is 30.6 Å². The monoisotopic (exact) mass is 768 g/mol. The molecule has 2 aromatic heterocycles. The zero-order valence-corrected chi connectivity index (χ0v) is 32.9. The first kappa shape index (κ1) is 38.2. The van der Waals surface area contributed by atoms with Crippen molar-refractivity contribution in [2.75, 3.05) is 16.8 Å². The van der Waals surface area contributed by atoms with Crippen LogP contribution in [-0.4, -0.2) is 45.1 Å². The molecule has 4 aromatic carbocycles. The lowest BCUT2D eigenvalue weighted by Crippen LogP contribution is -2.33. The van der Waals surface area contributed by atoms with Crippen molar-refractivity contribution >= 4 is 50.3 Å². The number of esters is 1. The molecule has 0 unspecified atom stereocenters. The lowest BCUT2D eigenvalue weighted by Gasteiger charge is -2.31. The first-order chi connectivity index (χ1) is 26.8. The molecule has 0 fully saturated rings. The van der Waals surface area contributed by atoms with Gasteiger partial charge in [-0.15, -0.1) is 0 Å². The Morgan fingerprint density at radius 1 is 0.911 bits per heavy atom. The Kier molecular flexibility index (Phi) is 10.9. The van der Waals surface area contributed by atoms with Crippen molar-refractivity contribution in [3.05, 3.63) is 131 Å². The number of amides is 1. The molecule has 6 aromatic rings. The van der Waals surface area contributed by atoms with Gasteiger partial charge in [-0.05, 0) is 123 Å². The number of aromatic nitrogens is 2. The molecule has 1 amide bonds. The highest BCUT2D eigenvalue weighted by Crippen LogP contribution is 2.37. The van der Waals surface area contributed by atoms with E-state index in [1.807, 2.05) is 126 Å². The zero-order chi connectivity index (χ0) is 39.6. The van der Waals surface area contributed by atoms with Gasteiger partial charge in [0.25, 0.3) is 5.91 Å². The largest absolute Gasteiger partial charge is 0.481 e. The van der Waals surface area contributed by atoms with Crippen LogP contribution in [0.2, 0.25) is 0 Å². The number of hydrogen-bond donors (Lipinski definition) is 2. The van der Waals surface area contributed by atoms with Gasteiger partial charge in [-0.25, -0.2) is 14.8 Å². The molecule has 11 heteroatoms. The number of pyridine rings is 1. The number of benzene rings is 4. The molecule has 0 aliphatic carbocycles. The van der Waals surface area contributed by atoms with Crippen molar-refractivity contribution in [1.82, 2.24) is 9.97 Å². The molecule has 0 spiro atoms. The van der Waals surface area contributed by atoms with Crippen LogP contribution in [0.1, 0.15) is 77.2 Å². The Bertz CT molecular complexity index is 2400. The number of carboxylic acids is 1. The molecule has 2 N–H and O–H groups in total. The third-order valence-electron chi connectivity index (χ3n) is 9.66. The Morgan fingerprint density at radius 3 is 2.43 bits per heavy atom. The second kappa shape index (κ2) is 16.0.